The maximum Gasteiger partial charge on any atom is 0.0478 e. The van der Waals surface area contributed by atoms with Crippen molar-refractivity contribution in [2.45, 2.75) is 24.4 Å². The second-order valence-electron chi connectivity index (χ2n) is 4.82. The van der Waals surface area contributed by atoms with Gasteiger partial charge in [0.1, 0.15) is 0 Å². The van der Waals surface area contributed by atoms with E-state index in [4.69, 9.17) is 11.5 Å². The maximum absolute atomic E-state index is 6.20. The Balaban J connectivity index is 2.05. The van der Waals surface area contributed by atoms with Gasteiger partial charge in [-0.15, -0.1) is 0 Å². The van der Waals surface area contributed by atoms with Gasteiger partial charge in [0.25, 0.3) is 0 Å². The minimum Gasteiger partial charge on any atom is -0.323 e. The molecule has 0 aliphatic heterocycles. The highest BCUT2D eigenvalue weighted by Crippen LogP contribution is 2.42. The van der Waals surface area contributed by atoms with Gasteiger partial charge in [-0.1, -0.05) is 36.4 Å². The van der Waals surface area contributed by atoms with Crippen LogP contribution in [-0.4, -0.2) is 5.54 Å². The molecule has 1 aliphatic rings. The highest BCUT2D eigenvalue weighted by Gasteiger charge is 2.44. The maximum atomic E-state index is 6.20. The van der Waals surface area contributed by atoms with E-state index >= 15 is 0 Å². The summed E-state index contributed by atoms with van der Waals surface area (Å²) in [6.07, 6.45) is 2.09. The summed E-state index contributed by atoms with van der Waals surface area (Å²) in [4.78, 5) is 0. The smallest absolute Gasteiger partial charge is 0.0478 e. The lowest BCUT2D eigenvalue weighted by Crippen LogP contribution is -2.36. The molecule has 0 spiro atoms. The molecule has 2 heteroatoms. The number of rotatable bonds is 2. The first-order chi connectivity index (χ1) is 7.69. The van der Waals surface area contributed by atoms with Crippen LogP contribution in [0.1, 0.15) is 24.4 Å². The minimum atomic E-state index is -0.150. The van der Waals surface area contributed by atoms with Gasteiger partial charge in [-0.25, -0.2) is 0 Å². The first kappa shape index (κ1) is 9.82. The van der Waals surface area contributed by atoms with Crippen molar-refractivity contribution in [1.29, 1.82) is 0 Å². The molecule has 0 aromatic heterocycles. The summed E-state index contributed by atoms with van der Waals surface area (Å²) in [6.45, 7) is 0. The Labute approximate surface area is 95.2 Å². The van der Waals surface area contributed by atoms with Crippen LogP contribution in [0, 0.1) is 0 Å². The Kier molecular flexibility index (Phi) is 2.03. The number of hydrogen-bond acceptors (Lipinski definition) is 2. The first-order valence-corrected chi connectivity index (χ1v) is 5.72. The Morgan fingerprint density at radius 1 is 1.00 bits per heavy atom. The molecule has 82 valence electrons. The van der Waals surface area contributed by atoms with Crippen LogP contribution < -0.4 is 11.5 Å². The van der Waals surface area contributed by atoms with Crippen LogP contribution in [0.5, 0.6) is 0 Å². The van der Waals surface area contributed by atoms with Crippen LogP contribution in [0.25, 0.3) is 10.8 Å². The molecule has 16 heavy (non-hydrogen) atoms. The molecule has 0 heterocycles. The van der Waals surface area contributed by atoms with E-state index in [9.17, 15) is 0 Å². The largest absolute Gasteiger partial charge is 0.323 e. The molecule has 0 amide bonds. The van der Waals surface area contributed by atoms with Gasteiger partial charge in [0.2, 0.25) is 0 Å². The Morgan fingerprint density at radius 3 is 2.38 bits per heavy atom. The molecule has 1 saturated carbocycles. The molecule has 2 aromatic carbocycles. The molecular weight excluding hydrogens is 196 g/mol. The lowest BCUT2D eigenvalue weighted by Gasteiger charge is -2.19. The zero-order valence-corrected chi connectivity index (χ0v) is 9.19. The van der Waals surface area contributed by atoms with Crippen LogP contribution in [0.3, 0.4) is 0 Å². The minimum absolute atomic E-state index is 0.0305. The van der Waals surface area contributed by atoms with Gasteiger partial charge < -0.3 is 11.5 Å². The predicted octanol–water partition coefficient (Wildman–Crippen LogP) is 2.33. The molecular formula is C14H16N2. The van der Waals surface area contributed by atoms with Gasteiger partial charge in [0, 0.05) is 11.6 Å². The van der Waals surface area contributed by atoms with Crippen molar-refractivity contribution in [1.82, 2.24) is 0 Å². The summed E-state index contributed by atoms with van der Waals surface area (Å²) in [5.41, 5.74) is 13.3. The van der Waals surface area contributed by atoms with Crippen molar-refractivity contribution in [2.24, 2.45) is 11.5 Å². The third-order valence-electron chi connectivity index (χ3n) is 3.58. The van der Waals surface area contributed by atoms with E-state index in [1.54, 1.807) is 0 Å². The monoisotopic (exact) mass is 212 g/mol. The summed E-state index contributed by atoms with van der Waals surface area (Å²) >= 11 is 0. The van der Waals surface area contributed by atoms with E-state index in [0.717, 1.165) is 18.4 Å². The summed E-state index contributed by atoms with van der Waals surface area (Å²) in [5.74, 6) is 0. The zero-order chi connectivity index (χ0) is 11.2. The van der Waals surface area contributed by atoms with E-state index in [1.165, 1.54) is 10.8 Å². The average molecular weight is 212 g/mol. The molecule has 0 radical (unpaired) electrons. The topological polar surface area (TPSA) is 52.0 Å². The molecule has 2 nitrogen and oxygen atoms in total. The van der Waals surface area contributed by atoms with Gasteiger partial charge in [0.05, 0.1) is 0 Å². The third kappa shape index (κ3) is 1.51. The number of fused-ring (bicyclic) bond motifs is 1. The summed E-state index contributed by atoms with van der Waals surface area (Å²) < 4.78 is 0. The molecule has 0 bridgehead atoms. The Bertz CT molecular complexity index is 529. The normalized spacial score (nSPS) is 19.6. The van der Waals surface area contributed by atoms with Crippen molar-refractivity contribution in [3.63, 3.8) is 0 Å². The van der Waals surface area contributed by atoms with E-state index in [2.05, 4.69) is 30.3 Å². The van der Waals surface area contributed by atoms with Crippen molar-refractivity contribution in [3.8, 4) is 0 Å². The second-order valence-corrected chi connectivity index (χ2v) is 4.82. The SMILES string of the molecule is NC(c1ccc2ccccc2c1)C1(N)CC1. The zero-order valence-electron chi connectivity index (χ0n) is 9.19. The molecule has 3 rings (SSSR count). The van der Waals surface area contributed by atoms with E-state index in [0.29, 0.717) is 0 Å². The fourth-order valence-corrected chi connectivity index (χ4v) is 2.19. The van der Waals surface area contributed by atoms with Crippen molar-refractivity contribution in [3.05, 3.63) is 48.0 Å². The van der Waals surface area contributed by atoms with Crippen molar-refractivity contribution >= 4 is 10.8 Å². The molecule has 1 fully saturated rings. The summed E-state index contributed by atoms with van der Waals surface area (Å²) in [6, 6.07) is 14.7. The third-order valence-corrected chi connectivity index (χ3v) is 3.58. The highest BCUT2D eigenvalue weighted by atomic mass is 14.9. The Hall–Kier alpha value is -1.38. The molecule has 1 atom stereocenters. The van der Waals surface area contributed by atoms with Crippen LogP contribution in [0.2, 0.25) is 0 Å². The van der Waals surface area contributed by atoms with Crippen LogP contribution in [0.15, 0.2) is 42.5 Å². The van der Waals surface area contributed by atoms with E-state index in [-0.39, 0.29) is 11.6 Å². The molecule has 0 saturated heterocycles. The predicted molar refractivity (Wildman–Crippen MR) is 67.0 cm³/mol. The molecule has 1 unspecified atom stereocenters. The highest BCUT2D eigenvalue weighted by molar-refractivity contribution is 5.83. The van der Waals surface area contributed by atoms with Gasteiger partial charge in [-0.2, -0.15) is 0 Å². The molecule has 2 aromatic rings. The average Bonchev–Trinajstić information content (AvgIpc) is 3.07. The summed E-state index contributed by atoms with van der Waals surface area (Å²) in [5, 5.41) is 2.49. The lowest BCUT2D eigenvalue weighted by atomic mass is 9.96. The fourth-order valence-electron chi connectivity index (χ4n) is 2.19. The number of hydrogen-bond donors (Lipinski definition) is 2. The van der Waals surface area contributed by atoms with Crippen molar-refractivity contribution in [2.75, 3.05) is 0 Å². The lowest BCUT2D eigenvalue weighted by molar-refractivity contribution is 0.536. The fraction of sp³-hybridized carbons (Fsp3) is 0.286. The Morgan fingerprint density at radius 2 is 1.69 bits per heavy atom. The van der Waals surface area contributed by atoms with Gasteiger partial charge in [0.15, 0.2) is 0 Å². The number of nitrogens with two attached hydrogens (primary N) is 2. The molecule has 1 aliphatic carbocycles. The van der Waals surface area contributed by atoms with Crippen LogP contribution in [0.4, 0.5) is 0 Å². The summed E-state index contributed by atoms with van der Waals surface area (Å²) in [7, 11) is 0. The van der Waals surface area contributed by atoms with E-state index in [1.807, 2.05) is 12.1 Å². The number of benzene rings is 2. The van der Waals surface area contributed by atoms with E-state index < -0.39 is 0 Å². The van der Waals surface area contributed by atoms with Gasteiger partial charge in [-0.05, 0) is 35.2 Å². The first-order valence-electron chi connectivity index (χ1n) is 5.72. The van der Waals surface area contributed by atoms with Gasteiger partial charge >= 0.3 is 0 Å². The van der Waals surface area contributed by atoms with Crippen LogP contribution >= 0.6 is 0 Å². The molecule has 4 N–H and O–H groups in total. The van der Waals surface area contributed by atoms with Crippen LogP contribution in [-0.2, 0) is 0 Å². The second kappa shape index (κ2) is 3.30. The quantitative estimate of drug-likeness (QED) is 0.802. The van der Waals surface area contributed by atoms with Gasteiger partial charge in [-0.3, -0.25) is 0 Å². The standard InChI is InChI=1S/C14H16N2/c15-13(14(16)7-8-14)12-6-5-10-3-1-2-4-11(10)9-12/h1-6,9,13H,7-8,15-16H2. The van der Waals surface area contributed by atoms with Crippen molar-refractivity contribution < 1.29 is 0 Å².